The highest BCUT2D eigenvalue weighted by Crippen LogP contribution is 2.34. The molecule has 1 saturated heterocycles. The SMILES string of the molecule is O=C(Nc1ccnn1C1CCN(C(=O)c2ccc3c(c2)OCO3)CC1)C1CC1. The summed E-state index contributed by atoms with van der Waals surface area (Å²) in [5, 5.41) is 7.40. The van der Waals surface area contributed by atoms with E-state index in [0.717, 1.165) is 31.5 Å². The molecule has 1 saturated carbocycles. The third kappa shape index (κ3) is 3.19. The van der Waals surface area contributed by atoms with Gasteiger partial charge in [-0.1, -0.05) is 0 Å². The van der Waals surface area contributed by atoms with Gasteiger partial charge in [-0.25, -0.2) is 4.68 Å². The van der Waals surface area contributed by atoms with Crippen LogP contribution in [0.3, 0.4) is 0 Å². The van der Waals surface area contributed by atoms with Crippen LogP contribution in [-0.2, 0) is 4.79 Å². The normalized spacial score (nSPS) is 18.9. The van der Waals surface area contributed by atoms with Crippen LogP contribution in [-0.4, -0.2) is 46.4 Å². The molecule has 0 radical (unpaired) electrons. The lowest BCUT2D eigenvalue weighted by Crippen LogP contribution is -2.39. The van der Waals surface area contributed by atoms with Crippen LogP contribution in [0.5, 0.6) is 11.5 Å². The van der Waals surface area contributed by atoms with Crippen LogP contribution >= 0.6 is 0 Å². The number of carbonyl (C=O) groups excluding carboxylic acids is 2. The Labute approximate surface area is 162 Å². The van der Waals surface area contributed by atoms with Gasteiger partial charge in [-0.3, -0.25) is 9.59 Å². The standard InChI is InChI=1S/C20H22N4O4/c25-19(13-1-2-13)22-18-5-8-21-24(18)15-6-9-23(10-7-15)20(26)14-3-4-16-17(11-14)28-12-27-16/h3-5,8,11,13,15H,1-2,6-7,9-10,12H2,(H,22,25). The van der Waals surface area contributed by atoms with Gasteiger partial charge in [0.1, 0.15) is 5.82 Å². The molecule has 5 rings (SSSR count). The fourth-order valence-corrected chi connectivity index (χ4v) is 3.80. The molecule has 1 aromatic carbocycles. The summed E-state index contributed by atoms with van der Waals surface area (Å²) in [5.41, 5.74) is 0.610. The van der Waals surface area contributed by atoms with E-state index in [0.29, 0.717) is 30.2 Å². The van der Waals surface area contributed by atoms with Crippen LogP contribution in [0.25, 0.3) is 0 Å². The van der Waals surface area contributed by atoms with Gasteiger partial charge in [-0.2, -0.15) is 5.10 Å². The van der Waals surface area contributed by atoms with Crippen LogP contribution in [0.15, 0.2) is 30.5 Å². The summed E-state index contributed by atoms with van der Waals surface area (Å²) in [6, 6.07) is 7.31. The molecule has 0 unspecified atom stereocenters. The van der Waals surface area contributed by atoms with E-state index < -0.39 is 0 Å². The van der Waals surface area contributed by atoms with E-state index in [-0.39, 0.29) is 30.6 Å². The number of piperidine rings is 1. The van der Waals surface area contributed by atoms with Gasteiger partial charge >= 0.3 is 0 Å². The Kier molecular flexibility index (Phi) is 4.18. The molecule has 3 aliphatic rings. The van der Waals surface area contributed by atoms with Crippen molar-refractivity contribution in [1.82, 2.24) is 14.7 Å². The van der Waals surface area contributed by atoms with Crippen molar-refractivity contribution in [3.8, 4) is 11.5 Å². The molecule has 0 bridgehead atoms. The topological polar surface area (TPSA) is 85.7 Å². The predicted octanol–water partition coefficient (Wildman–Crippen LogP) is 2.44. The number of hydrogen-bond donors (Lipinski definition) is 1. The highest BCUT2D eigenvalue weighted by molar-refractivity contribution is 5.95. The number of ether oxygens (including phenoxy) is 2. The molecular formula is C20H22N4O4. The van der Waals surface area contributed by atoms with Gasteiger partial charge < -0.3 is 19.7 Å². The van der Waals surface area contributed by atoms with Gasteiger partial charge in [-0.05, 0) is 43.9 Å². The molecule has 0 spiro atoms. The molecule has 2 aromatic rings. The molecule has 2 fully saturated rings. The number of likely N-dealkylation sites (tertiary alicyclic amines) is 1. The van der Waals surface area contributed by atoms with Crippen molar-refractivity contribution in [3.63, 3.8) is 0 Å². The Hall–Kier alpha value is -3.03. The van der Waals surface area contributed by atoms with Crippen molar-refractivity contribution in [2.24, 2.45) is 5.92 Å². The molecule has 8 heteroatoms. The molecule has 0 atom stereocenters. The summed E-state index contributed by atoms with van der Waals surface area (Å²) < 4.78 is 12.6. The Morgan fingerprint density at radius 2 is 1.82 bits per heavy atom. The first-order chi connectivity index (χ1) is 13.7. The number of aromatic nitrogens is 2. The molecule has 146 valence electrons. The first-order valence-electron chi connectivity index (χ1n) is 9.72. The second kappa shape index (κ2) is 6.85. The number of nitrogens with zero attached hydrogens (tertiary/aromatic N) is 3. The van der Waals surface area contributed by atoms with E-state index in [1.165, 1.54) is 0 Å². The molecule has 1 aliphatic carbocycles. The van der Waals surface area contributed by atoms with Crippen molar-refractivity contribution >= 4 is 17.6 Å². The van der Waals surface area contributed by atoms with Crippen LogP contribution < -0.4 is 14.8 Å². The quantitative estimate of drug-likeness (QED) is 0.878. The van der Waals surface area contributed by atoms with E-state index in [4.69, 9.17) is 9.47 Å². The zero-order valence-electron chi connectivity index (χ0n) is 15.5. The Balaban J connectivity index is 1.22. The molecule has 2 aliphatic heterocycles. The maximum atomic E-state index is 12.8. The average molecular weight is 382 g/mol. The Morgan fingerprint density at radius 3 is 2.61 bits per heavy atom. The molecule has 8 nitrogen and oxygen atoms in total. The third-order valence-corrected chi connectivity index (χ3v) is 5.59. The molecule has 1 aromatic heterocycles. The fourth-order valence-electron chi connectivity index (χ4n) is 3.80. The number of benzene rings is 1. The molecular weight excluding hydrogens is 360 g/mol. The zero-order valence-corrected chi connectivity index (χ0v) is 15.5. The lowest BCUT2D eigenvalue weighted by atomic mass is 10.0. The maximum Gasteiger partial charge on any atom is 0.253 e. The van der Waals surface area contributed by atoms with Crippen molar-refractivity contribution in [3.05, 3.63) is 36.0 Å². The number of fused-ring (bicyclic) bond motifs is 1. The van der Waals surface area contributed by atoms with E-state index in [1.807, 2.05) is 15.6 Å². The molecule has 2 amide bonds. The smallest absolute Gasteiger partial charge is 0.253 e. The largest absolute Gasteiger partial charge is 0.454 e. The molecule has 28 heavy (non-hydrogen) atoms. The third-order valence-electron chi connectivity index (χ3n) is 5.59. The van der Waals surface area contributed by atoms with Crippen LogP contribution in [0.4, 0.5) is 5.82 Å². The minimum Gasteiger partial charge on any atom is -0.454 e. The highest BCUT2D eigenvalue weighted by atomic mass is 16.7. The maximum absolute atomic E-state index is 12.8. The summed E-state index contributed by atoms with van der Waals surface area (Å²) in [5.74, 6) is 2.28. The van der Waals surface area contributed by atoms with E-state index in [9.17, 15) is 9.59 Å². The Morgan fingerprint density at radius 1 is 1.04 bits per heavy atom. The number of amides is 2. The van der Waals surface area contributed by atoms with Crippen molar-refractivity contribution in [2.45, 2.75) is 31.7 Å². The predicted molar refractivity (Wildman–Crippen MR) is 100 cm³/mol. The average Bonchev–Trinajstić information content (AvgIpc) is 3.30. The van der Waals surface area contributed by atoms with Crippen LogP contribution in [0.2, 0.25) is 0 Å². The monoisotopic (exact) mass is 382 g/mol. The van der Waals surface area contributed by atoms with Crippen molar-refractivity contribution in [1.29, 1.82) is 0 Å². The van der Waals surface area contributed by atoms with Crippen molar-refractivity contribution < 1.29 is 19.1 Å². The minimum atomic E-state index is -0.000486. The zero-order chi connectivity index (χ0) is 19.1. The second-order valence-electron chi connectivity index (χ2n) is 7.52. The van der Waals surface area contributed by atoms with Crippen LogP contribution in [0.1, 0.15) is 42.1 Å². The van der Waals surface area contributed by atoms with Crippen molar-refractivity contribution in [2.75, 3.05) is 25.2 Å². The van der Waals surface area contributed by atoms with E-state index in [2.05, 4.69) is 10.4 Å². The summed E-state index contributed by atoms with van der Waals surface area (Å²) in [4.78, 5) is 26.8. The van der Waals surface area contributed by atoms with Gasteiger partial charge in [-0.15, -0.1) is 0 Å². The van der Waals surface area contributed by atoms with Gasteiger partial charge in [0, 0.05) is 30.6 Å². The summed E-state index contributed by atoms with van der Waals surface area (Å²) in [6.45, 7) is 1.49. The number of nitrogens with one attached hydrogen (secondary N) is 1. The number of anilines is 1. The first kappa shape index (κ1) is 17.1. The summed E-state index contributed by atoms with van der Waals surface area (Å²) >= 11 is 0. The van der Waals surface area contributed by atoms with Gasteiger partial charge in [0.2, 0.25) is 12.7 Å². The molecule has 3 heterocycles. The van der Waals surface area contributed by atoms with E-state index in [1.54, 1.807) is 24.4 Å². The lowest BCUT2D eigenvalue weighted by Gasteiger charge is -2.32. The minimum absolute atomic E-state index is 0.000486. The van der Waals surface area contributed by atoms with Gasteiger partial charge in [0.15, 0.2) is 11.5 Å². The number of carbonyl (C=O) groups is 2. The second-order valence-corrected chi connectivity index (χ2v) is 7.52. The summed E-state index contributed by atoms with van der Waals surface area (Å²) in [6.07, 6.45) is 5.25. The Bertz CT molecular complexity index is 913. The van der Waals surface area contributed by atoms with Crippen LogP contribution in [0, 0.1) is 5.92 Å². The van der Waals surface area contributed by atoms with E-state index >= 15 is 0 Å². The first-order valence-corrected chi connectivity index (χ1v) is 9.72. The number of rotatable bonds is 4. The summed E-state index contributed by atoms with van der Waals surface area (Å²) in [7, 11) is 0. The fraction of sp³-hybridized carbons (Fsp3) is 0.450. The van der Waals surface area contributed by atoms with Gasteiger partial charge in [0.25, 0.3) is 5.91 Å². The lowest BCUT2D eigenvalue weighted by molar-refractivity contribution is -0.117. The van der Waals surface area contributed by atoms with Gasteiger partial charge in [0.05, 0.1) is 12.2 Å². The highest BCUT2D eigenvalue weighted by Gasteiger charge is 2.31. The molecule has 1 N–H and O–H groups in total. The number of hydrogen-bond acceptors (Lipinski definition) is 5.